The first-order valence-corrected chi connectivity index (χ1v) is 19.4. The maximum Gasteiger partial charge on any atom is 0.0429 e. The van der Waals surface area contributed by atoms with Gasteiger partial charge in [-0.15, -0.1) is 0 Å². The van der Waals surface area contributed by atoms with E-state index in [0.29, 0.717) is 0 Å². The molecule has 0 fully saturated rings. The van der Waals surface area contributed by atoms with E-state index in [9.17, 15) is 0 Å². The molecule has 0 aromatic heterocycles. The summed E-state index contributed by atoms with van der Waals surface area (Å²) in [5.41, 5.74) is 15.0. The van der Waals surface area contributed by atoms with Crippen LogP contribution in [0.1, 0.15) is 37.5 Å². The molecule has 0 spiro atoms. The minimum absolute atomic E-state index is 0.893. The van der Waals surface area contributed by atoms with Crippen LogP contribution in [-0.4, -0.2) is 19.6 Å². The van der Waals surface area contributed by atoms with Gasteiger partial charge in [0.2, 0.25) is 0 Å². The van der Waals surface area contributed by atoms with Crippen LogP contribution < -0.4 is 14.7 Å². The van der Waals surface area contributed by atoms with E-state index in [-0.39, 0.29) is 0 Å². The molecule has 0 atom stereocenters. The van der Waals surface area contributed by atoms with Crippen LogP contribution in [0.5, 0.6) is 0 Å². The fourth-order valence-corrected chi connectivity index (χ4v) is 7.29. The Balaban J connectivity index is 1.20. The molecule has 0 radical (unpaired) electrons. The molecule has 3 nitrogen and oxygen atoms in total. The summed E-state index contributed by atoms with van der Waals surface area (Å²) in [4.78, 5) is 7.29. The highest BCUT2D eigenvalue weighted by Crippen LogP contribution is 2.35. The Morgan fingerprint density at radius 3 is 0.741 bits per heavy atom. The molecule has 7 aromatic carbocycles. The summed E-state index contributed by atoms with van der Waals surface area (Å²) in [6.45, 7) is 12.2. The van der Waals surface area contributed by atoms with Gasteiger partial charge < -0.3 is 14.7 Å². The highest BCUT2D eigenvalue weighted by Gasteiger charge is 2.13. The Morgan fingerprint density at radius 1 is 0.278 bits per heavy atom. The van der Waals surface area contributed by atoms with Gasteiger partial charge in [-0.05, 0) is 125 Å². The van der Waals surface area contributed by atoms with Crippen LogP contribution in [0, 0.1) is 0 Å². The smallest absolute Gasteiger partial charge is 0.0429 e. The summed E-state index contributed by atoms with van der Waals surface area (Å²) in [6, 6.07) is 66.6. The summed E-state index contributed by atoms with van der Waals surface area (Å²) in [5, 5.41) is 0. The molecule has 0 unspecified atom stereocenters. The van der Waals surface area contributed by atoms with Crippen molar-refractivity contribution in [3.05, 3.63) is 199 Å². The quantitative estimate of drug-likeness (QED) is 0.105. The second kappa shape index (κ2) is 17.6. The normalized spacial score (nSPS) is 10.9. The van der Waals surface area contributed by atoms with E-state index in [1.165, 1.54) is 67.1 Å². The third-order valence-corrected chi connectivity index (χ3v) is 10.4. The summed E-state index contributed by atoms with van der Waals surface area (Å²) in [7, 11) is 0. The van der Waals surface area contributed by atoms with Gasteiger partial charge in [0, 0.05) is 56.3 Å². The van der Waals surface area contributed by atoms with Crippen LogP contribution in [0.3, 0.4) is 0 Å². The molecule has 0 N–H and O–H groups in total. The Labute approximate surface area is 322 Å². The minimum atomic E-state index is 0.893. The van der Waals surface area contributed by atoms with Crippen molar-refractivity contribution in [3.8, 4) is 33.4 Å². The molecule has 0 saturated carbocycles. The van der Waals surface area contributed by atoms with Crippen LogP contribution in [0.25, 0.3) is 33.4 Å². The third-order valence-electron chi connectivity index (χ3n) is 10.4. The van der Waals surface area contributed by atoms with Crippen molar-refractivity contribution < 1.29 is 0 Å². The van der Waals surface area contributed by atoms with Crippen molar-refractivity contribution in [3.63, 3.8) is 0 Å². The van der Waals surface area contributed by atoms with Gasteiger partial charge in [0.05, 0.1) is 0 Å². The zero-order valence-electron chi connectivity index (χ0n) is 31.9. The zero-order valence-corrected chi connectivity index (χ0v) is 31.9. The zero-order chi connectivity index (χ0) is 37.1. The predicted octanol–water partition coefficient (Wildman–Crippen LogP) is 12.8. The fourth-order valence-electron chi connectivity index (χ4n) is 7.29. The molecule has 0 aliphatic carbocycles. The van der Waals surface area contributed by atoms with Gasteiger partial charge >= 0.3 is 0 Å². The van der Waals surface area contributed by atoms with Crippen LogP contribution >= 0.6 is 0 Å². The number of rotatable bonds is 15. The Bertz CT molecular complexity index is 1910. The topological polar surface area (TPSA) is 9.72 Å². The van der Waals surface area contributed by atoms with Gasteiger partial charge in [-0.2, -0.15) is 0 Å². The summed E-state index contributed by atoms with van der Waals surface area (Å²) in [6.07, 6.45) is 0. The van der Waals surface area contributed by atoms with Crippen LogP contribution in [0.4, 0.5) is 17.1 Å². The largest absolute Gasteiger partial charge is 0.367 e. The van der Waals surface area contributed by atoms with Gasteiger partial charge in [0.25, 0.3) is 0 Å². The Hall–Kier alpha value is -6.06. The molecule has 270 valence electrons. The maximum atomic E-state index is 2.43. The number of hydrogen-bond acceptors (Lipinski definition) is 3. The standard InChI is InChI=1S/C51H51N3/c1-4-52(37-40-16-10-7-11-17-40)49-28-22-43(23-29-49)46-34-47(44-24-30-50(31-25-44)53(5-2)38-41-18-12-8-13-19-41)36-48(35-46)45-26-32-51(33-27-45)54(6-3)39-42-20-14-9-15-21-42/h7-36H,4-6,37-39H2,1-3H3. The first-order chi connectivity index (χ1) is 26.6. The average molecular weight is 706 g/mol. The first kappa shape index (κ1) is 36.3. The molecular formula is C51H51N3. The van der Waals surface area contributed by atoms with E-state index in [1.54, 1.807) is 0 Å². The van der Waals surface area contributed by atoms with Crippen LogP contribution in [0.15, 0.2) is 182 Å². The molecule has 0 bridgehead atoms. The van der Waals surface area contributed by atoms with Crippen molar-refractivity contribution in [2.24, 2.45) is 0 Å². The molecule has 0 aliphatic heterocycles. The van der Waals surface area contributed by atoms with Crippen molar-refractivity contribution >= 4 is 17.1 Å². The van der Waals surface area contributed by atoms with E-state index in [1.807, 2.05) is 0 Å². The van der Waals surface area contributed by atoms with Crippen molar-refractivity contribution in [2.75, 3.05) is 34.3 Å². The number of nitrogens with zero attached hydrogens (tertiary/aromatic N) is 3. The molecule has 0 saturated heterocycles. The molecule has 0 heterocycles. The number of anilines is 3. The lowest BCUT2D eigenvalue weighted by Gasteiger charge is -2.24. The lowest BCUT2D eigenvalue weighted by Crippen LogP contribution is -2.21. The van der Waals surface area contributed by atoms with Gasteiger partial charge in [-0.1, -0.05) is 127 Å². The average Bonchev–Trinajstić information content (AvgIpc) is 3.25. The molecule has 0 amide bonds. The second-order valence-electron chi connectivity index (χ2n) is 13.9. The summed E-state index contributed by atoms with van der Waals surface area (Å²) in [5.74, 6) is 0. The summed E-state index contributed by atoms with van der Waals surface area (Å²) >= 11 is 0. The van der Waals surface area contributed by atoms with Gasteiger partial charge in [0.15, 0.2) is 0 Å². The van der Waals surface area contributed by atoms with Crippen molar-refractivity contribution in [1.82, 2.24) is 0 Å². The molecular weight excluding hydrogens is 655 g/mol. The molecule has 54 heavy (non-hydrogen) atoms. The fraction of sp³-hybridized carbons (Fsp3) is 0.176. The third kappa shape index (κ3) is 8.93. The lowest BCUT2D eigenvalue weighted by molar-refractivity contribution is 0.832. The molecule has 7 rings (SSSR count). The lowest BCUT2D eigenvalue weighted by atomic mass is 9.93. The van der Waals surface area contributed by atoms with Gasteiger partial charge in [-0.25, -0.2) is 0 Å². The van der Waals surface area contributed by atoms with Crippen molar-refractivity contribution in [2.45, 2.75) is 40.4 Å². The SMILES string of the molecule is CCN(Cc1ccccc1)c1ccc(-c2cc(-c3ccc(N(CC)Cc4ccccc4)cc3)cc(-c3ccc(N(CC)Cc4ccccc4)cc3)c2)cc1. The highest BCUT2D eigenvalue weighted by atomic mass is 15.1. The van der Waals surface area contributed by atoms with E-state index in [2.05, 4.69) is 217 Å². The van der Waals surface area contributed by atoms with Gasteiger partial charge in [0.1, 0.15) is 0 Å². The van der Waals surface area contributed by atoms with Crippen molar-refractivity contribution in [1.29, 1.82) is 0 Å². The van der Waals surface area contributed by atoms with E-state index < -0.39 is 0 Å². The van der Waals surface area contributed by atoms with E-state index in [0.717, 1.165) is 39.3 Å². The second-order valence-corrected chi connectivity index (χ2v) is 13.9. The monoisotopic (exact) mass is 705 g/mol. The summed E-state index contributed by atoms with van der Waals surface area (Å²) < 4.78 is 0. The van der Waals surface area contributed by atoms with E-state index in [4.69, 9.17) is 0 Å². The Morgan fingerprint density at radius 2 is 0.519 bits per heavy atom. The van der Waals surface area contributed by atoms with Crippen LogP contribution in [0.2, 0.25) is 0 Å². The number of hydrogen-bond donors (Lipinski definition) is 0. The maximum absolute atomic E-state index is 2.43. The number of benzene rings is 7. The molecule has 0 aliphatic rings. The van der Waals surface area contributed by atoms with E-state index >= 15 is 0 Å². The predicted molar refractivity (Wildman–Crippen MR) is 232 cm³/mol. The molecule has 7 aromatic rings. The highest BCUT2D eigenvalue weighted by molar-refractivity contribution is 5.82. The van der Waals surface area contributed by atoms with Gasteiger partial charge in [-0.3, -0.25) is 0 Å². The first-order valence-electron chi connectivity index (χ1n) is 19.4. The van der Waals surface area contributed by atoms with Crippen LogP contribution in [-0.2, 0) is 19.6 Å². The minimum Gasteiger partial charge on any atom is -0.367 e. The Kier molecular flexibility index (Phi) is 11.9. The molecule has 3 heteroatoms.